The fraction of sp³-hybridized carbons (Fsp3) is 0.160. The summed E-state index contributed by atoms with van der Waals surface area (Å²) >= 11 is 1.34. The molecule has 0 aliphatic heterocycles. The Kier molecular flexibility index (Phi) is 7.26. The standard InChI is InChI=1S/C25H24N4O3S/c1-31-20-14-12-19(13-15-20)24-27-28-25(29(24)16-18-8-4-3-5-9-18)33-17-23(30)26-21-10-6-7-11-22(21)32-2/h3-15H,16-17H2,1-2H3,(H,26,30). The second kappa shape index (κ2) is 10.7. The molecule has 0 atom stereocenters. The summed E-state index contributed by atoms with van der Waals surface area (Å²) in [7, 11) is 3.21. The molecule has 3 aromatic carbocycles. The predicted molar refractivity (Wildman–Crippen MR) is 130 cm³/mol. The van der Waals surface area contributed by atoms with Crippen LogP contribution in [0.1, 0.15) is 5.56 Å². The molecule has 0 unspecified atom stereocenters. The smallest absolute Gasteiger partial charge is 0.234 e. The quantitative estimate of drug-likeness (QED) is 0.364. The Bertz CT molecular complexity index is 1210. The van der Waals surface area contributed by atoms with Gasteiger partial charge >= 0.3 is 0 Å². The molecule has 0 bridgehead atoms. The molecule has 1 aromatic heterocycles. The number of methoxy groups -OCH3 is 2. The number of benzene rings is 3. The van der Waals surface area contributed by atoms with Crippen molar-refractivity contribution in [2.45, 2.75) is 11.7 Å². The predicted octanol–water partition coefficient (Wildman–Crippen LogP) is 4.74. The van der Waals surface area contributed by atoms with Crippen LogP contribution >= 0.6 is 11.8 Å². The van der Waals surface area contributed by atoms with Gasteiger partial charge < -0.3 is 14.8 Å². The van der Waals surface area contributed by atoms with Gasteiger partial charge in [-0.2, -0.15) is 0 Å². The second-order valence-corrected chi connectivity index (χ2v) is 8.09. The van der Waals surface area contributed by atoms with Crippen molar-refractivity contribution in [3.05, 3.63) is 84.4 Å². The number of aromatic nitrogens is 3. The average Bonchev–Trinajstić information content (AvgIpc) is 3.26. The maximum atomic E-state index is 12.6. The summed E-state index contributed by atoms with van der Waals surface area (Å²) in [6.45, 7) is 0.589. The second-order valence-electron chi connectivity index (χ2n) is 7.14. The van der Waals surface area contributed by atoms with Crippen LogP contribution in [0.3, 0.4) is 0 Å². The zero-order valence-corrected chi connectivity index (χ0v) is 19.2. The molecule has 0 aliphatic carbocycles. The number of anilines is 1. The van der Waals surface area contributed by atoms with E-state index in [1.54, 1.807) is 26.4 Å². The molecule has 0 spiro atoms. The van der Waals surface area contributed by atoms with Gasteiger partial charge in [0.05, 0.1) is 32.2 Å². The molecule has 7 nitrogen and oxygen atoms in total. The highest BCUT2D eigenvalue weighted by molar-refractivity contribution is 7.99. The molecule has 0 saturated carbocycles. The maximum absolute atomic E-state index is 12.6. The van der Waals surface area contributed by atoms with Crippen molar-refractivity contribution in [1.29, 1.82) is 0 Å². The number of nitrogens with one attached hydrogen (secondary N) is 1. The lowest BCUT2D eigenvalue weighted by Crippen LogP contribution is -2.15. The van der Waals surface area contributed by atoms with Crippen LogP contribution in [0, 0.1) is 0 Å². The molecule has 1 heterocycles. The first-order chi connectivity index (χ1) is 16.2. The zero-order valence-electron chi connectivity index (χ0n) is 18.4. The summed E-state index contributed by atoms with van der Waals surface area (Å²) in [5, 5.41) is 12.4. The number of amides is 1. The summed E-state index contributed by atoms with van der Waals surface area (Å²) in [5.41, 5.74) is 2.67. The van der Waals surface area contributed by atoms with E-state index in [2.05, 4.69) is 27.6 Å². The molecule has 168 valence electrons. The summed E-state index contributed by atoms with van der Waals surface area (Å²) in [6.07, 6.45) is 0. The van der Waals surface area contributed by atoms with Crippen LogP contribution in [-0.4, -0.2) is 40.6 Å². The van der Waals surface area contributed by atoms with Crippen LogP contribution < -0.4 is 14.8 Å². The third-order valence-corrected chi connectivity index (χ3v) is 5.93. The van der Waals surface area contributed by atoms with E-state index in [1.807, 2.05) is 59.2 Å². The van der Waals surface area contributed by atoms with Gasteiger partial charge in [0.1, 0.15) is 11.5 Å². The van der Waals surface area contributed by atoms with Gasteiger partial charge in [-0.25, -0.2) is 0 Å². The molecule has 0 radical (unpaired) electrons. The monoisotopic (exact) mass is 460 g/mol. The van der Waals surface area contributed by atoms with E-state index in [0.717, 1.165) is 22.7 Å². The first-order valence-electron chi connectivity index (χ1n) is 10.3. The number of para-hydroxylation sites is 2. The Morgan fingerprint density at radius 3 is 2.36 bits per heavy atom. The van der Waals surface area contributed by atoms with E-state index in [-0.39, 0.29) is 11.7 Å². The summed E-state index contributed by atoms with van der Waals surface area (Å²) in [4.78, 5) is 12.6. The fourth-order valence-electron chi connectivity index (χ4n) is 3.32. The lowest BCUT2D eigenvalue weighted by atomic mass is 10.2. The van der Waals surface area contributed by atoms with Crippen LogP contribution in [0.2, 0.25) is 0 Å². The highest BCUT2D eigenvalue weighted by Crippen LogP contribution is 2.28. The molecule has 0 aliphatic rings. The highest BCUT2D eigenvalue weighted by atomic mass is 32.2. The molecule has 33 heavy (non-hydrogen) atoms. The number of ether oxygens (including phenoxy) is 2. The number of carbonyl (C=O) groups is 1. The fourth-order valence-corrected chi connectivity index (χ4v) is 4.06. The number of rotatable bonds is 9. The van der Waals surface area contributed by atoms with Crippen LogP contribution in [0.4, 0.5) is 5.69 Å². The summed E-state index contributed by atoms with van der Waals surface area (Å²) in [5.74, 6) is 2.16. The molecule has 0 fully saturated rings. The Morgan fingerprint density at radius 1 is 0.909 bits per heavy atom. The topological polar surface area (TPSA) is 78.3 Å². The van der Waals surface area contributed by atoms with Crippen molar-refractivity contribution in [1.82, 2.24) is 14.8 Å². The van der Waals surface area contributed by atoms with Gasteiger partial charge in [-0.1, -0.05) is 54.2 Å². The third kappa shape index (κ3) is 5.53. The normalized spacial score (nSPS) is 10.6. The minimum atomic E-state index is -0.148. The minimum Gasteiger partial charge on any atom is -0.497 e. The number of carbonyl (C=O) groups excluding carboxylic acids is 1. The van der Waals surface area contributed by atoms with E-state index in [9.17, 15) is 4.79 Å². The van der Waals surface area contributed by atoms with Gasteiger partial charge in [0.15, 0.2) is 11.0 Å². The van der Waals surface area contributed by atoms with Gasteiger partial charge in [0, 0.05) is 5.56 Å². The van der Waals surface area contributed by atoms with Crippen molar-refractivity contribution >= 4 is 23.4 Å². The lowest BCUT2D eigenvalue weighted by Gasteiger charge is -2.12. The number of thioether (sulfide) groups is 1. The van der Waals surface area contributed by atoms with E-state index in [1.165, 1.54) is 11.8 Å². The Labute approximate surface area is 196 Å². The van der Waals surface area contributed by atoms with Crippen LogP contribution in [-0.2, 0) is 11.3 Å². The average molecular weight is 461 g/mol. The first kappa shape index (κ1) is 22.4. The van der Waals surface area contributed by atoms with Gasteiger partial charge in [-0.15, -0.1) is 10.2 Å². The Balaban J connectivity index is 1.55. The number of nitrogens with zero attached hydrogens (tertiary/aromatic N) is 3. The van der Waals surface area contributed by atoms with Crippen molar-refractivity contribution in [2.75, 3.05) is 25.3 Å². The number of hydrogen-bond donors (Lipinski definition) is 1. The molecule has 4 rings (SSSR count). The molecule has 8 heteroatoms. The molecule has 1 amide bonds. The SMILES string of the molecule is COc1ccc(-c2nnc(SCC(=O)Nc3ccccc3OC)n2Cc2ccccc2)cc1. The molecular weight excluding hydrogens is 436 g/mol. The number of hydrogen-bond acceptors (Lipinski definition) is 6. The Morgan fingerprint density at radius 2 is 1.64 bits per heavy atom. The molecule has 0 saturated heterocycles. The van der Waals surface area contributed by atoms with E-state index < -0.39 is 0 Å². The van der Waals surface area contributed by atoms with Crippen LogP contribution in [0.15, 0.2) is 84.0 Å². The zero-order chi connectivity index (χ0) is 23.0. The van der Waals surface area contributed by atoms with Crippen molar-refractivity contribution < 1.29 is 14.3 Å². The van der Waals surface area contributed by atoms with Gasteiger partial charge in [-0.05, 0) is 42.0 Å². The van der Waals surface area contributed by atoms with Crippen LogP contribution in [0.25, 0.3) is 11.4 Å². The Hall–Kier alpha value is -3.78. The van der Waals surface area contributed by atoms with Crippen molar-refractivity contribution in [2.24, 2.45) is 0 Å². The van der Waals surface area contributed by atoms with Gasteiger partial charge in [0.2, 0.25) is 5.91 Å². The van der Waals surface area contributed by atoms with Crippen molar-refractivity contribution in [3.63, 3.8) is 0 Å². The highest BCUT2D eigenvalue weighted by Gasteiger charge is 2.17. The first-order valence-corrected chi connectivity index (χ1v) is 11.3. The van der Waals surface area contributed by atoms with E-state index in [4.69, 9.17) is 9.47 Å². The molecule has 1 N–H and O–H groups in total. The maximum Gasteiger partial charge on any atom is 0.234 e. The summed E-state index contributed by atoms with van der Waals surface area (Å²) in [6, 6.07) is 25.1. The van der Waals surface area contributed by atoms with Crippen molar-refractivity contribution in [3.8, 4) is 22.9 Å². The van der Waals surface area contributed by atoms with Crippen LogP contribution in [0.5, 0.6) is 11.5 Å². The molecular formula is C25H24N4O3S. The largest absolute Gasteiger partial charge is 0.497 e. The van der Waals surface area contributed by atoms with Gasteiger partial charge in [-0.3, -0.25) is 9.36 Å². The minimum absolute atomic E-state index is 0.148. The van der Waals surface area contributed by atoms with Gasteiger partial charge in [0.25, 0.3) is 0 Å². The lowest BCUT2D eigenvalue weighted by molar-refractivity contribution is -0.113. The summed E-state index contributed by atoms with van der Waals surface area (Å²) < 4.78 is 12.6. The molecule has 4 aromatic rings. The van der Waals surface area contributed by atoms with E-state index in [0.29, 0.717) is 23.1 Å². The van der Waals surface area contributed by atoms with E-state index >= 15 is 0 Å². The third-order valence-electron chi connectivity index (χ3n) is 4.96.